The lowest BCUT2D eigenvalue weighted by atomic mass is 9.75. The van der Waals surface area contributed by atoms with Crippen LogP contribution in [0.25, 0.3) is 0 Å². The van der Waals surface area contributed by atoms with Crippen LogP contribution in [0.1, 0.15) is 23.6 Å². The molecule has 36 heavy (non-hydrogen) atoms. The molecule has 0 spiro atoms. The van der Waals surface area contributed by atoms with Gasteiger partial charge in [-0.1, -0.05) is 12.1 Å². The molecule has 1 atom stereocenters. The average molecular weight is 531 g/mol. The van der Waals surface area contributed by atoms with Gasteiger partial charge < -0.3 is 20.5 Å². The van der Waals surface area contributed by atoms with E-state index in [0.29, 0.717) is 24.1 Å². The van der Waals surface area contributed by atoms with Crippen LogP contribution in [0.4, 0.5) is 45.2 Å². The highest BCUT2D eigenvalue weighted by Gasteiger charge is 2.73. The molecular formula is C21H18F9N3O3. The molecule has 0 aliphatic carbocycles. The van der Waals surface area contributed by atoms with Gasteiger partial charge in [0.2, 0.25) is 5.41 Å². The molecule has 15 heteroatoms. The maximum absolute atomic E-state index is 13.8. The number of esters is 1. The van der Waals surface area contributed by atoms with Crippen molar-refractivity contribution in [1.82, 2.24) is 0 Å². The van der Waals surface area contributed by atoms with E-state index < -0.39 is 58.2 Å². The quantitative estimate of drug-likeness (QED) is 0.432. The van der Waals surface area contributed by atoms with Crippen LogP contribution in [0, 0.1) is 30.6 Å². The second-order valence-electron chi connectivity index (χ2n) is 7.96. The predicted molar refractivity (Wildman–Crippen MR) is 105 cm³/mol. The van der Waals surface area contributed by atoms with Gasteiger partial charge in [0.15, 0.2) is 0 Å². The third-order valence-corrected chi connectivity index (χ3v) is 5.70. The van der Waals surface area contributed by atoms with Crippen molar-refractivity contribution in [1.29, 1.82) is 5.26 Å². The van der Waals surface area contributed by atoms with E-state index in [9.17, 15) is 54.7 Å². The molecule has 0 fully saturated rings. The van der Waals surface area contributed by atoms with Crippen LogP contribution in [0.15, 0.2) is 35.3 Å². The number of ether oxygens (including phenoxy) is 1. The van der Waals surface area contributed by atoms with E-state index in [1.54, 1.807) is 0 Å². The number of nitrogens with zero attached hydrogens (tertiary/aromatic N) is 2. The summed E-state index contributed by atoms with van der Waals surface area (Å²) in [4.78, 5) is 12.5. The van der Waals surface area contributed by atoms with E-state index in [1.807, 2.05) is 0 Å². The van der Waals surface area contributed by atoms with E-state index in [0.717, 1.165) is 26.8 Å². The SMILES string of the molecule is COC(=O)[C@@](O)(c1cc(C)c(N2C(C)=CC(C(F)(F)F)(C(F)(F)F)C(C#N)=C2N)c(C)c1)C(F)(F)F. The number of rotatable bonds is 3. The van der Waals surface area contributed by atoms with E-state index in [1.165, 1.54) is 0 Å². The molecule has 3 N–H and O–H groups in total. The molecule has 1 aliphatic heterocycles. The first-order chi connectivity index (χ1) is 16.1. The Morgan fingerprint density at radius 1 is 1.03 bits per heavy atom. The van der Waals surface area contributed by atoms with Crippen LogP contribution in [0.3, 0.4) is 0 Å². The number of hydrogen-bond donors (Lipinski definition) is 2. The van der Waals surface area contributed by atoms with Gasteiger partial charge in [-0.25, -0.2) is 4.79 Å². The highest BCUT2D eigenvalue weighted by atomic mass is 19.4. The van der Waals surface area contributed by atoms with Gasteiger partial charge >= 0.3 is 24.5 Å². The van der Waals surface area contributed by atoms with Crippen molar-refractivity contribution >= 4 is 11.7 Å². The first-order valence-electron chi connectivity index (χ1n) is 9.66. The fourth-order valence-electron chi connectivity index (χ4n) is 4.07. The van der Waals surface area contributed by atoms with Crippen LogP contribution in [-0.4, -0.2) is 36.7 Å². The molecular weight excluding hydrogens is 513 g/mol. The third-order valence-electron chi connectivity index (χ3n) is 5.70. The Bertz CT molecular complexity index is 1150. The van der Waals surface area contributed by atoms with E-state index >= 15 is 0 Å². The number of alkyl halides is 9. The Kier molecular flexibility index (Phi) is 6.89. The lowest BCUT2D eigenvalue weighted by molar-refractivity contribution is -0.306. The van der Waals surface area contributed by atoms with Gasteiger partial charge in [-0.05, 0) is 38.0 Å². The smallest absolute Gasteiger partial charge is 0.432 e. The summed E-state index contributed by atoms with van der Waals surface area (Å²) < 4.78 is 128. The number of carbonyl (C=O) groups excluding carboxylic acids is 1. The van der Waals surface area contributed by atoms with Gasteiger partial charge in [0.1, 0.15) is 11.9 Å². The molecule has 1 aliphatic rings. The van der Waals surface area contributed by atoms with Crippen LogP contribution < -0.4 is 10.6 Å². The number of halogens is 9. The minimum Gasteiger partial charge on any atom is -0.466 e. The first-order valence-corrected chi connectivity index (χ1v) is 9.66. The van der Waals surface area contributed by atoms with Gasteiger partial charge in [-0.2, -0.15) is 44.8 Å². The Morgan fingerprint density at radius 3 is 1.81 bits per heavy atom. The van der Waals surface area contributed by atoms with Gasteiger partial charge in [-0.3, -0.25) is 0 Å². The molecule has 0 unspecified atom stereocenters. The van der Waals surface area contributed by atoms with Crippen molar-refractivity contribution < 1.29 is 54.2 Å². The van der Waals surface area contributed by atoms with Crippen molar-refractivity contribution in [2.45, 2.75) is 44.9 Å². The maximum atomic E-state index is 13.8. The second-order valence-corrected chi connectivity index (χ2v) is 7.96. The molecule has 0 aromatic heterocycles. The van der Waals surface area contributed by atoms with E-state index in [2.05, 4.69) is 4.74 Å². The van der Waals surface area contributed by atoms with Crippen LogP contribution in [-0.2, 0) is 15.1 Å². The normalized spacial score (nSPS) is 18.4. The zero-order chi connectivity index (χ0) is 28.2. The van der Waals surface area contributed by atoms with Crippen molar-refractivity contribution in [3.05, 3.63) is 52.0 Å². The monoisotopic (exact) mass is 531 g/mol. The summed E-state index contributed by atoms with van der Waals surface area (Å²) in [7, 11) is 0.595. The number of benzene rings is 1. The molecule has 0 saturated carbocycles. The van der Waals surface area contributed by atoms with Crippen LogP contribution in [0.2, 0.25) is 0 Å². The van der Waals surface area contributed by atoms with Crippen molar-refractivity contribution in [2.24, 2.45) is 11.1 Å². The summed E-state index contributed by atoms with van der Waals surface area (Å²) in [6.45, 7) is 3.06. The number of allylic oxidation sites excluding steroid dienone is 3. The highest BCUT2D eigenvalue weighted by molar-refractivity contribution is 5.83. The van der Waals surface area contributed by atoms with Gasteiger partial charge in [0, 0.05) is 11.3 Å². The van der Waals surface area contributed by atoms with Crippen molar-refractivity contribution in [3.8, 4) is 6.07 Å². The standard InChI is InChI=1S/C21H18F9N3O3/c1-9-5-12(18(35,16(34)36-4)21(28,29)30)6-10(2)14(9)33-11(3)7-17(19(22,23)24,20(25,26)27)13(8-31)15(33)32/h5-7,35H,32H2,1-4H3/t18-/m0/s1. The molecule has 0 amide bonds. The number of nitrogens with two attached hydrogens (primary N) is 1. The zero-order valence-electron chi connectivity index (χ0n) is 18.9. The molecule has 6 nitrogen and oxygen atoms in total. The van der Waals surface area contributed by atoms with Gasteiger partial charge in [0.25, 0.3) is 5.60 Å². The number of aryl methyl sites for hydroxylation is 2. The molecule has 1 aromatic rings. The molecule has 1 heterocycles. The summed E-state index contributed by atoms with van der Waals surface area (Å²) in [6.07, 6.45) is -17.8. The fraction of sp³-hybridized carbons (Fsp3) is 0.429. The summed E-state index contributed by atoms with van der Waals surface area (Å²) in [5.74, 6) is -3.34. The second kappa shape index (κ2) is 8.61. The number of hydrogen-bond acceptors (Lipinski definition) is 6. The topological polar surface area (TPSA) is 99.6 Å². The largest absolute Gasteiger partial charge is 0.466 e. The van der Waals surface area contributed by atoms with Crippen molar-refractivity contribution in [2.75, 3.05) is 12.0 Å². The Morgan fingerprint density at radius 2 is 1.47 bits per heavy atom. The molecule has 198 valence electrons. The number of nitriles is 1. The lowest BCUT2D eigenvalue weighted by Crippen LogP contribution is -2.54. The Hall–Kier alpha value is -3.41. The third kappa shape index (κ3) is 3.93. The van der Waals surface area contributed by atoms with Crippen LogP contribution in [0.5, 0.6) is 0 Å². The minimum absolute atomic E-state index is 0.240. The number of anilines is 1. The Labute approximate surface area is 198 Å². The fourth-order valence-corrected chi connectivity index (χ4v) is 4.07. The number of aliphatic hydroxyl groups is 1. The summed E-state index contributed by atoms with van der Waals surface area (Å²) in [6, 6.07) is 2.17. The first kappa shape index (κ1) is 28.8. The molecule has 1 aromatic carbocycles. The zero-order valence-corrected chi connectivity index (χ0v) is 18.9. The lowest BCUT2D eigenvalue weighted by Gasteiger charge is -2.42. The number of carbonyl (C=O) groups is 1. The van der Waals surface area contributed by atoms with E-state index in [4.69, 9.17) is 5.73 Å². The summed E-state index contributed by atoms with van der Waals surface area (Å²) >= 11 is 0. The molecule has 0 radical (unpaired) electrons. The number of methoxy groups -OCH3 is 1. The van der Waals surface area contributed by atoms with Gasteiger partial charge in [-0.15, -0.1) is 0 Å². The minimum atomic E-state index is -6.02. The van der Waals surface area contributed by atoms with Crippen molar-refractivity contribution in [3.63, 3.8) is 0 Å². The highest BCUT2D eigenvalue weighted by Crippen LogP contribution is 2.59. The molecule has 0 bridgehead atoms. The van der Waals surface area contributed by atoms with Gasteiger partial charge in [0.05, 0.1) is 18.4 Å². The summed E-state index contributed by atoms with van der Waals surface area (Å²) in [5, 5.41) is 19.5. The molecule has 0 saturated heterocycles. The molecule has 2 rings (SSSR count). The summed E-state index contributed by atoms with van der Waals surface area (Å²) in [5.41, 5.74) is -7.61. The maximum Gasteiger partial charge on any atom is 0.432 e. The van der Waals surface area contributed by atoms with E-state index in [-0.39, 0.29) is 22.9 Å². The predicted octanol–water partition coefficient (Wildman–Crippen LogP) is 4.76. The van der Waals surface area contributed by atoms with Crippen LogP contribution >= 0.6 is 0 Å². The average Bonchev–Trinajstić information content (AvgIpc) is 2.71. The Balaban J connectivity index is 2.89.